The van der Waals surface area contributed by atoms with E-state index in [1.54, 1.807) is 6.07 Å². The van der Waals surface area contributed by atoms with Crippen LogP contribution in [0.1, 0.15) is 36.7 Å². The van der Waals surface area contributed by atoms with Crippen LogP contribution in [0.3, 0.4) is 0 Å². The molecule has 1 aromatic carbocycles. The van der Waals surface area contributed by atoms with E-state index < -0.39 is 5.60 Å². The van der Waals surface area contributed by atoms with E-state index >= 15 is 0 Å². The van der Waals surface area contributed by atoms with E-state index in [1.165, 1.54) is 0 Å². The van der Waals surface area contributed by atoms with E-state index in [0.29, 0.717) is 5.56 Å². The molecule has 2 rings (SSSR count). The first kappa shape index (κ1) is 14.3. The molecule has 3 nitrogen and oxygen atoms in total. The van der Waals surface area contributed by atoms with Crippen molar-refractivity contribution >= 4 is 5.97 Å². The molecule has 2 aromatic rings. The van der Waals surface area contributed by atoms with Crippen molar-refractivity contribution in [2.24, 2.45) is 0 Å². The van der Waals surface area contributed by atoms with Crippen molar-refractivity contribution in [1.82, 2.24) is 4.98 Å². The Balaban J connectivity index is 2.28. The number of carbonyl (C=O) groups is 1. The molecule has 1 aromatic heterocycles. The highest BCUT2D eigenvalue weighted by Crippen LogP contribution is 2.20. The minimum absolute atomic E-state index is 0.313. The molecule has 0 saturated heterocycles. The SMILES string of the molecule is Cc1ccc(-c2cccc(C(=O)OC(C)(C)C)c2)nc1. The Morgan fingerprint density at radius 2 is 1.90 bits per heavy atom. The summed E-state index contributed by atoms with van der Waals surface area (Å²) < 4.78 is 5.37. The molecule has 0 bridgehead atoms. The number of esters is 1. The topological polar surface area (TPSA) is 39.2 Å². The highest BCUT2D eigenvalue weighted by molar-refractivity contribution is 5.91. The maximum atomic E-state index is 12.1. The van der Waals surface area contributed by atoms with E-state index in [4.69, 9.17) is 4.74 Å². The molecule has 104 valence electrons. The second-order valence-corrected chi connectivity index (χ2v) is 5.80. The third-order valence-corrected chi connectivity index (χ3v) is 2.70. The minimum Gasteiger partial charge on any atom is -0.456 e. The molecule has 0 N–H and O–H groups in total. The van der Waals surface area contributed by atoms with Crippen LogP contribution in [0.5, 0.6) is 0 Å². The van der Waals surface area contributed by atoms with Crippen LogP contribution >= 0.6 is 0 Å². The molecule has 0 aliphatic rings. The first-order valence-corrected chi connectivity index (χ1v) is 6.61. The predicted molar refractivity (Wildman–Crippen MR) is 79.6 cm³/mol. The molecular weight excluding hydrogens is 250 g/mol. The largest absolute Gasteiger partial charge is 0.456 e. The zero-order valence-electron chi connectivity index (χ0n) is 12.3. The van der Waals surface area contributed by atoms with Crippen LogP contribution in [-0.4, -0.2) is 16.6 Å². The smallest absolute Gasteiger partial charge is 0.338 e. The quantitative estimate of drug-likeness (QED) is 0.773. The summed E-state index contributed by atoms with van der Waals surface area (Å²) in [6, 6.07) is 11.3. The van der Waals surface area contributed by atoms with Crippen LogP contribution in [0.2, 0.25) is 0 Å². The molecule has 0 aliphatic heterocycles. The molecule has 1 heterocycles. The number of hydrogen-bond acceptors (Lipinski definition) is 3. The van der Waals surface area contributed by atoms with E-state index in [-0.39, 0.29) is 5.97 Å². The summed E-state index contributed by atoms with van der Waals surface area (Å²) in [7, 11) is 0. The monoisotopic (exact) mass is 269 g/mol. The zero-order valence-corrected chi connectivity index (χ0v) is 12.3. The number of carbonyl (C=O) groups excluding carboxylic acids is 1. The number of nitrogens with zero attached hydrogens (tertiary/aromatic N) is 1. The first-order valence-electron chi connectivity index (χ1n) is 6.61. The molecule has 0 saturated carbocycles. The van der Waals surface area contributed by atoms with E-state index in [2.05, 4.69) is 4.98 Å². The summed E-state index contributed by atoms with van der Waals surface area (Å²) in [5, 5.41) is 0. The van der Waals surface area contributed by atoms with Crippen molar-refractivity contribution in [1.29, 1.82) is 0 Å². The number of benzene rings is 1. The summed E-state index contributed by atoms with van der Waals surface area (Å²) in [4.78, 5) is 16.4. The molecular formula is C17H19NO2. The average molecular weight is 269 g/mol. The lowest BCUT2D eigenvalue weighted by molar-refractivity contribution is 0.00696. The normalized spacial score (nSPS) is 11.2. The predicted octanol–water partition coefficient (Wildman–Crippen LogP) is 4.01. The summed E-state index contributed by atoms with van der Waals surface area (Å²) in [6.45, 7) is 7.57. The van der Waals surface area contributed by atoms with Gasteiger partial charge in [-0.15, -0.1) is 0 Å². The Morgan fingerprint density at radius 1 is 1.15 bits per heavy atom. The first-order chi connectivity index (χ1) is 9.35. The highest BCUT2D eigenvalue weighted by Gasteiger charge is 2.18. The molecule has 0 atom stereocenters. The number of aromatic nitrogens is 1. The van der Waals surface area contributed by atoms with Gasteiger partial charge >= 0.3 is 5.97 Å². The van der Waals surface area contributed by atoms with Crippen molar-refractivity contribution in [3.8, 4) is 11.3 Å². The fraction of sp³-hybridized carbons (Fsp3) is 0.294. The van der Waals surface area contributed by atoms with Gasteiger partial charge in [-0.25, -0.2) is 4.79 Å². The van der Waals surface area contributed by atoms with Gasteiger partial charge in [0.25, 0.3) is 0 Å². The fourth-order valence-electron chi connectivity index (χ4n) is 1.78. The minimum atomic E-state index is -0.491. The molecule has 20 heavy (non-hydrogen) atoms. The van der Waals surface area contributed by atoms with Crippen LogP contribution in [0.25, 0.3) is 11.3 Å². The Morgan fingerprint density at radius 3 is 2.50 bits per heavy atom. The van der Waals surface area contributed by atoms with Crippen molar-refractivity contribution in [3.05, 3.63) is 53.7 Å². The van der Waals surface area contributed by atoms with Crippen LogP contribution in [0.4, 0.5) is 0 Å². The standard InChI is InChI=1S/C17H19NO2/c1-12-8-9-15(18-11-12)13-6-5-7-14(10-13)16(19)20-17(2,3)4/h5-11H,1-4H3. The summed E-state index contributed by atoms with van der Waals surface area (Å²) in [5.41, 5.74) is 2.92. The number of aryl methyl sites for hydroxylation is 1. The Bertz CT molecular complexity index is 610. The second-order valence-electron chi connectivity index (χ2n) is 5.80. The molecule has 0 aliphatic carbocycles. The molecule has 0 amide bonds. The molecule has 3 heteroatoms. The van der Waals surface area contributed by atoms with Gasteiger partial charge in [0.1, 0.15) is 5.60 Å². The maximum Gasteiger partial charge on any atom is 0.338 e. The number of pyridine rings is 1. The van der Waals surface area contributed by atoms with Crippen LogP contribution in [0.15, 0.2) is 42.6 Å². The van der Waals surface area contributed by atoms with Gasteiger partial charge in [-0.05, 0) is 51.5 Å². The van der Waals surface area contributed by atoms with E-state index in [0.717, 1.165) is 16.8 Å². The molecule has 0 unspecified atom stereocenters. The Hall–Kier alpha value is -2.16. The molecule has 0 spiro atoms. The number of rotatable bonds is 2. The Labute approximate surface area is 119 Å². The number of ether oxygens (including phenoxy) is 1. The third kappa shape index (κ3) is 3.67. The summed E-state index contributed by atoms with van der Waals surface area (Å²) >= 11 is 0. The van der Waals surface area contributed by atoms with Crippen molar-refractivity contribution < 1.29 is 9.53 Å². The van der Waals surface area contributed by atoms with Crippen LogP contribution < -0.4 is 0 Å². The average Bonchev–Trinajstić information content (AvgIpc) is 2.38. The van der Waals surface area contributed by atoms with Gasteiger partial charge in [0.05, 0.1) is 11.3 Å². The van der Waals surface area contributed by atoms with Gasteiger partial charge < -0.3 is 4.74 Å². The van der Waals surface area contributed by atoms with Crippen molar-refractivity contribution in [2.75, 3.05) is 0 Å². The van der Waals surface area contributed by atoms with Gasteiger partial charge in [0.15, 0.2) is 0 Å². The van der Waals surface area contributed by atoms with Crippen molar-refractivity contribution in [3.63, 3.8) is 0 Å². The van der Waals surface area contributed by atoms with Gasteiger partial charge in [-0.3, -0.25) is 4.98 Å². The second kappa shape index (κ2) is 5.45. The molecule has 0 radical (unpaired) electrons. The fourth-order valence-corrected chi connectivity index (χ4v) is 1.78. The van der Waals surface area contributed by atoms with Gasteiger partial charge in [-0.1, -0.05) is 18.2 Å². The van der Waals surface area contributed by atoms with Gasteiger partial charge in [0, 0.05) is 11.8 Å². The van der Waals surface area contributed by atoms with E-state index in [9.17, 15) is 4.79 Å². The van der Waals surface area contributed by atoms with E-state index in [1.807, 2.05) is 64.2 Å². The third-order valence-electron chi connectivity index (χ3n) is 2.70. The van der Waals surface area contributed by atoms with Crippen molar-refractivity contribution in [2.45, 2.75) is 33.3 Å². The summed E-state index contributed by atoms with van der Waals surface area (Å²) in [6.07, 6.45) is 1.81. The molecule has 0 fully saturated rings. The zero-order chi connectivity index (χ0) is 14.8. The lowest BCUT2D eigenvalue weighted by Gasteiger charge is -2.19. The highest BCUT2D eigenvalue weighted by atomic mass is 16.6. The maximum absolute atomic E-state index is 12.1. The van der Waals surface area contributed by atoms with Gasteiger partial charge in [-0.2, -0.15) is 0 Å². The van der Waals surface area contributed by atoms with Crippen LogP contribution in [-0.2, 0) is 4.74 Å². The van der Waals surface area contributed by atoms with Crippen LogP contribution in [0, 0.1) is 6.92 Å². The number of hydrogen-bond donors (Lipinski definition) is 0. The lowest BCUT2D eigenvalue weighted by atomic mass is 10.1. The Kier molecular flexibility index (Phi) is 3.89. The van der Waals surface area contributed by atoms with Gasteiger partial charge in [0.2, 0.25) is 0 Å². The summed E-state index contributed by atoms with van der Waals surface area (Å²) in [5.74, 6) is -0.313. The lowest BCUT2D eigenvalue weighted by Crippen LogP contribution is -2.23.